The Morgan fingerprint density at radius 2 is 0.931 bits per heavy atom. The van der Waals surface area contributed by atoms with Crippen LogP contribution in [0.4, 0.5) is 0 Å². The molecule has 2 atom stereocenters. The van der Waals surface area contributed by atoms with Crippen LogP contribution in [-0.4, -0.2) is 80.6 Å². The Balaban J connectivity index is 4.52. The van der Waals surface area contributed by atoms with Gasteiger partial charge in [-0.25, -0.2) is 4.79 Å². The normalized spacial score (nSPS) is 14.0. The molecule has 2 unspecified atom stereocenters. The number of rotatable bonds is 37. The molecule has 0 saturated carbocycles. The van der Waals surface area contributed by atoms with Gasteiger partial charge in [0.05, 0.1) is 34.4 Å². The number of ether oxygens (including phenoxy) is 3. The van der Waals surface area contributed by atoms with Crippen molar-refractivity contribution in [1.82, 2.24) is 0 Å². The quantitative estimate of drug-likeness (QED) is 0.0289. The lowest BCUT2D eigenvalue weighted by Crippen LogP contribution is -2.50. The van der Waals surface area contributed by atoms with Crippen LogP contribution in [0.2, 0.25) is 0 Å². The molecule has 8 heteroatoms. The fourth-order valence-corrected chi connectivity index (χ4v) is 5.59. The van der Waals surface area contributed by atoms with E-state index in [4.69, 9.17) is 14.2 Å². The third-order valence-corrected chi connectivity index (χ3v) is 8.92. The highest BCUT2D eigenvalue weighted by Gasteiger charge is 2.31. The van der Waals surface area contributed by atoms with Crippen molar-refractivity contribution in [3.8, 4) is 0 Å². The lowest BCUT2D eigenvalue weighted by Gasteiger charge is -2.31. The van der Waals surface area contributed by atoms with Crippen molar-refractivity contribution < 1.29 is 38.2 Å². The molecule has 0 aromatic carbocycles. The number of carbonyl (C=O) groups excluding carboxylic acids is 2. The number of aliphatic carboxylic acids is 1. The van der Waals surface area contributed by atoms with Crippen LogP contribution in [0.15, 0.2) is 109 Å². The molecule has 0 spiro atoms. The van der Waals surface area contributed by atoms with E-state index in [2.05, 4.69) is 123 Å². The zero-order valence-electron chi connectivity index (χ0n) is 36.9. The molecule has 8 nitrogen and oxygen atoms in total. The second-order valence-electron chi connectivity index (χ2n) is 15.2. The molecule has 0 radical (unpaired) electrons. The van der Waals surface area contributed by atoms with E-state index < -0.39 is 18.1 Å². The molecule has 0 aliphatic heterocycles. The van der Waals surface area contributed by atoms with Gasteiger partial charge in [0.1, 0.15) is 6.61 Å². The summed E-state index contributed by atoms with van der Waals surface area (Å²) in [4.78, 5) is 37.0. The fourth-order valence-electron chi connectivity index (χ4n) is 5.59. The van der Waals surface area contributed by atoms with Crippen LogP contribution in [0.1, 0.15) is 136 Å². The second kappa shape index (κ2) is 39.8. The number of unbranched alkanes of at least 4 members (excludes halogenated alkanes) is 5. The molecular formula is C50H80NO7+. The minimum atomic E-state index is -0.893. The summed E-state index contributed by atoms with van der Waals surface area (Å²) in [7, 11) is 5.48. The van der Waals surface area contributed by atoms with Gasteiger partial charge in [-0.2, -0.15) is 0 Å². The predicted octanol–water partition coefficient (Wildman–Crippen LogP) is 12.1. The Hall–Kier alpha value is -4.01. The highest BCUT2D eigenvalue weighted by molar-refractivity contribution is 5.72. The summed E-state index contributed by atoms with van der Waals surface area (Å²) >= 11 is 0. The minimum absolute atomic E-state index is 0.0227. The van der Waals surface area contributed by atoms with E-state index in [0.717, 1.165) is 96.3 Å². The third kappa shape index (κ3) is 37.6. The highest BCUT2D eigenvalue weighted by atomic mass is 16.6. The van der Waals surface area contributed by atoms with Gasteiger partial charge in [0.15, 0.2) is 12.1 Å². The number of likely N-dealkylation sites (N-methyl/N-ethyl adjacent to an activating group) is 1. The molecule has 0 fully saturated rings. The van der Waals surface area contributed by atoms with Gasteiger partial charge in [-0.15, -0.1) is 0 Å². The smallest absolute Gasteiger partial charge is 0.362 e. The summed E-state index contributed by atoms with van der Waals surface area (Å²) in [5, 5.41) is 9.62. The molecule has 0 bridgehead atoms. The summed E-state index contributed by atoms with van der Waals surface area (Å²) in [5.74, 6) is -1.59. The zero-order valence-corrected chi connectivity index (χ0v) is 36.9. The van der Waals surface area contributed by atoms with Crippen LogP contribution in [0.3, 0.4) is 0 Å². The van der Waals surface area contributed by atoms with Crippen molar-refractivity contribution in [2.45, 2.75) is 148 Å². The number of hydrogen-bond donors (Lipinski definition) is 1. The molecular weight excluding hydrogens is 727 g/mol. The van der Waals surface area contributed by atoms with E-state index in [0.29, 0.717) is 19.3 Å². The number of nitrogens with zero attached hydrogens (tertiary/aromatic N) is 1. The standard InChI is InChI=1S/C50H79NO7/c1-6-8-10-12-14-16-18-20-22-23-24-25-26-27-29-31-33-35-37-39-41-49(53)58-46(44-56-43-42-47(50(54)55)51(3,4)5)45-57-48(52)40-38-36-34-32-30-28-21-19-17-15-13-11-9-7-2/h8-11,14-17,20-22,24-25,27-29,33,35,46-47H,6-7,12-13,18-19,23,26,30-32,34,36-45H2,1-5H3/p+1/b10-8+,11-9+,16-14+,17-15+,22-20+,25-24+,28-21+,29-27+,35-33+. The van der Waals surface area contributed by atoms with Gasteiger partial charge in [-0.1, -0.05) is 136 Å². The van der Waals surface area contributed by atoms with Crippen LogP contribution in [0, 0.1) is 0 Å². The maximum Gasteiger partial charge on any atom is 0.362 e. The second-order valence-corrected chi connectivity index (χ2v) is 15.2. The maximum absolute atomic E-state index is 12.7. The van der Waals surface area contributed by atoms with Crippen LogP contribution >= 0.6 is 0 Å². The van der Waals surface area contributed by atoms with Gasteiger partial charge in [0, 0.05) is 19.3 Å². The molecule has 0 heterocycles. The molecule has 0 aromatic heterocycles. The van der Waals surface area contributed by atoms with E-state index >= 15 is 0 Å². The van der Waals surface area contributed by atoms with Crippen LogP contribution in [0.5, 0.6) is 0 Å². The Labute approximate surface area is 353 Å². The van der Waals surface area contributed by atoms with E-state index in [9.17, 15) is 19.5 Å². The molecule has 0 amide bonds. The molecule has 0 aliphatic carbocycles. The average Bonchev–Trinajstić information content (AvgIpc) is 3.18. The van der Waals surface area contributed by atoms with Crippen molar-refractivity contribution in [1.29, 1.82) is 0 Å². The van der Waals surface area contributed by atoms with Crippen molar-refractivity contribution in [2.75, 3.05) is 41.0 Å². The topological polar surface area (TPSA) is 99.1 Å². The van der Waals surface area contributed by atoms with E-state index in [1.54, 1.807) is 0 Å². The minimum Gasteiger partial charge on any atom is -0.477 e. The lowest BCUT2D eigenvalue weighted by atomic mass is 10.1. The summed E-state index contributed by atoms with van der Waals surface area (Å²) in [6.45, 7) is 4.39. The fraction of sp³-hybridized carbons (Fsp3) is 0.580. The summed E-state index contributed by atoms with van der Waals surface area (Å²) in [5.41, 5.74) is 0. The number of carboxylic acids is 1. The van der Waals surface area contributed by atoms with Gasteiger partial charge in [-0.05, 0) is 89.9 Å². The van der Waals surface area contributed by atoms with E-state index in [1.165, 1.54) is 0 Å². The largest absolute Gasteiger partial charge is 0.477 e. The first-order chi connectivity index (χ1) is 28.1. The summed E-state index contributed by atoms with van der Waals surface area (Å²) in [6.07, 6.45) is 54.3. The lowest BCUT2D eigenvalue weighted by molar-refractivity contribution is -0.887. The van der Waals surface area contributed by atoms with Gasteiger partial charge in [0.2, 0.25) is 0 Å². The molecule has 0 rings (SSSR count). The highest BCUT2D eigenvalue weighted by Crippen LogP contribution is 2.11. The van der Waals surface area contributed by atoms with Crippen molar-refractivity contribution >= 4 is 17.9 Å². The number of hydrogen-bond acceptors (Lipinski definition) is 6. The van der Waals surface area contributed by atoms with E-state index in [-0.39, 0.29) is 42.7 Å². The van der Waals surface area contributed by atoms with Gasteiger partial charge >= 0.3 is 17.9 Å². The van der Waals surface area contributed by atoms with Gasteiger partial charge in [-0.3, -0.25) is 9.59 Å². The number of quaternary nitrogens is 1. The Bertz CT molecular complexity index is 1310. The molecule has 0 aromatic rings. The van der Waals surface area contributed by atoms with Crippen LogP contribution in [0.25, 0.3) is 0 Å². The van der Waals surface area contributed by atoms with E-state index in [1.807, 2.05) is 21.1 Å². The maximum atomic E-state index is 12.7. The van der Waals surface area contributed by atoms with Crippen molar-refractivity contribution in [3.05, 3.63) is 109 Å². The molecule has 326 valence electrons. The molecule has 58 heavy (non-hydrogen) atoms. The average molecular weight is 807 g/mol. The van der Waals surface area contributed by atoms with Crippen LogP contribution in [-0.2, 0) is 28.6 Å². The molecule has 0 saturated heterocycles. The van der Waals surface area contributed by atoms with Crippen molar-refractivity contribution in [3.63, 3.8) is 0 Å². The monoisotopic (exact) mass is 807 g/mol. The number of esters is 2. The summed E-state index contributed by atoms with van der Waals surface area (Å²) < 4.78 is 17.2. The third-order valence-electron chi connectivity index (χ3n) is 8.92. The Morgan fingerprint density at radius 3 is 1.38 bits per heavy atom. The first-order valence-corrected chi connectivity index (χ1v) is 21.9. The Kier molecular flexibility index (Phi) is 37.0. The number of carboxylic acid groups (broad SMARTS) is 1. The predicted molar refractivity (Wildman–Crippen MR) is 242 cm³/mol. The first-order valence-electron chi connectivity index (χ1n) is 21.9. The summed E-state index contributed by atoms with van der Waals surface area (Å²) in [6, 6.07) is -0.635. The Morgan fingerprint density at radius 1 is 0.517 bits per heavy atom. The molecule has 1 N–H and O–H groups in total. The SMILES string of the molecule is CC/C=C/C/C=C/C/C=C/C/C=C/C/C=C/C/C=C/CCCC(=O)OC(COCCC(C(=O)O)[N+](C)(C)C)COC(=O)CCCCCC/C=C/C/C=C/C/C=C/CC. The van der Waals surface area contributed by atoms with Gasteiger partial charge in [0.25, 0.3) is 0 Å². The number of carbonyl (C=O) groups is 3. The molecule has 0 aliphatic rings. The first kappa shape index (κ1) is 54.0. The zero-order chi connectivity index (χ0) is 42.8. The van der Waals surface area contributed by atoms with Crippen molar-refractivity contribution in [2.24, 2.45) is 0 Å². The number of allylic oxidation sites excluding steroid dienone is 18. The van der Waals surface area contributed by atoms with Crippen LogP contribution < -0.4 is 0 Å². The van der Waals surface area contributed by atoms with Gasteiger partial charge < -0.3 is 23.8 Å².